The van der Waals surface area contributed by atoms with Crippen molar-refractivity contribution in [2.45, 2.75) is 13.0 Å². The summed E-state index contributed by atoms with van der Waals surface area (Å²) in [6, 6.07) is 16.4. The van der Waals surface area contributed by atoms with Gasteiger partial charge in [-0.25, -0.2) is 9.18 Å². The zero-order valence-corrected chi connectivity index (χ0v) is 19.1. The standard InChI is InChI=1S/C27H22FNO6/c1-3-35-27(33)17-8-12-18(13-9-17)29-23(20-6-4-5-7-21(20)28)22(25(31)26(29)32)24(30)16-10-14-19(34-2)15-11-16/h4-15,22-23H,3H2,1-2H3. The molecular weight excluding hydrogens is 453 g/mol. The van der Waals surface area contributed by atoms with Gasteiger partial charge in [-0.1, -0.05) is 18.2 Å². The summed E-state index contributed by atoms with van der Waals surface area (Å²) in [6.45, 7) is 1.88. The second-order valence-electron chi connectivity index (χ2n) is 7.84. The van der Waals surface area contributed by atoms with Gasteiger partial charge in [-0.15, -0.1) is 0 Å². The molecule has 2 atom stereocenters. The Bertz CT molecular complexity index is 1290. The monoisotopic (exact) mass is 475 g/mol. The van der Waals surface area contributed by atoms with Crippen LogP contribution in [0.5, 0.6) is 5.75 Å². The van der Waals surface area contributed by atoms with Gasteiger partial charge in [0.25, 0.3) is 5.91 Å². The number of esters is 1. The lowest BCUT2D eigenvalue weighted by Crippen LogP contribution is -2.31. The van der Waals surface area contributed by atoms with Crippen LogP contribution in [-0.2, 0) is 14.3 Å². The van der Waals surface area contributed by atoms with E-state index in [4.69, 9.17) is 9.47 Å². The van der Waals surface area contributed by atoms with Crippen molar-refractivity contribution in [1.29, 1.82) is 0 Å². The minimum Gasteiger partial charge on any atom is -0.497 e. The average molecular weight is 475 g/mol. The van der Waals surface area contributed by atoms with E-state index in [1.165, 1.54) is 61.7 Å². The molecule has 1 fully saturated rings. The third-order valence-electron chi connectivity index (χ3n) is 5.84. The molecule has 4 rings (SSSR count). The highest BCUT2D eigenvalue weighted by Gasteiger charge is 2.53. The molecular formula is C27H22FNO6. The van der Waals surface area contributed by atoms with E-state index in [2.05, 4.69) is 0 Å². The zero-order chi connectivity index (χ0) is 25.1. The molecule has 1 saturated heterocycles. The van der Waals surface area contributed by atoms with Gasteiger partial charge in [0.15, 0.2) is 5.78 Å². The molecule has 0 spiro atoms. The van der Waals surface area contributed by atoms with E-state index < -0.39 is 41.2 Å². The minimum atomic E-state index is -1.46. The Morgan fingerprint density at radius 2 is 1.54 bits per heavy atom. The number of rotatable bonds is 7. The summed E-state index contributed by atoms with van der Waals surface area (Å²) in [4.78, 5) is 52.9. The topological polar surface area (TPSA) is 90.0 Å². The molecule has 0 bridgehead atoms. The third-order valence-corrected chi connectivity index (χ3v) is 5.84. The highest BCUT2D eigenvalue weighted by Crippen LogP contribution is 2.42. The van der Waals surface area contributed by atoms with E-state index in [0.717, 1.165) is 4.90 Å². The predicted octanol–water partition coefficient (Wildman–Crippen LogP) is 4.17. The number of ether oxygens (including phenoxy) is 2. The van der Waals surface area contributed by atoms with E-state index in [1.54, 1.807) is 25.1 Å². The number of carbonyl (C=O) groups excluding carboxylic acids is 4. The summed E-state index contributed by atoms with van der Waals surface area (Å²) in [5.74, 6) is -4.61. The predicted molar refractivity (Wildman–Crippen MR) is 125 cm³/mol. The number of ketones is 2. The van der Waals surface area contributed by atoms with Crippen molar-refractivity contribution in [3.05, 3.63) is 95.3 Å². The first-order valence-corrected chi connectivity index (χ1v) is 10.9. The second-order valence-corrected chi connectivity index (χ2v) is 7.84. The molecule has 0 N–H and O–H groups in total. The lowest BCUT2D eigenvalue weighted by Gasteiger charge is -2.27. The molecule has 2 unspecified atom stereocenters. The van der Waals surface area contributed by atoms with Gasteiger partial charge in [-0.3, -0.25) is 19.3 Å². The number of hydrogen-bond acceptors (Lipinski definition) is 6. The Morgan fingerprint density at radius 3 is 2.14 bits per heavy atom. The molecule has 0 saturated carbocycles. The maximum absolute atomic E-state index is 14.9. The first-order valence-electron chi connectivity index (χ1n) is 10.9. The smallest absolute Gasteiger partial charge is 0.338 e. The van der Waals surface area contributed by atoms with Crippen LogP contribution in [0, 0.1) is 11.7 Å². The van der Waals surface area contributed by atoms with E-state index in [9.17, 15) is 23.6 Å². The lowest BCUT2D eigenvalue weighted by molar-refractivity contribution is -0.135. The maximum atomic E-state index is 14.9. The van der Waals surface area contributed by atoms with Crippen LogP contribution in [0.25, 0.3) is 0 Å². The van der Waals surface area contributed by atoms with Crippen LogP contribution in [0.2, 0.25) is 0 Å². The van der Waals surface area contributed by atoms with Gasteiger partial charge in [0.1, 0.15) is 17.5 Å². The fraction of sp³-hybridized carbons (Fsp3) is 0.185. The summed E-state index contributed by atoms with van der Waals surface area (Å²) < 4.78 is 25.0. The number of methoxy groups -OCH3 is 1. The molecule has 35 heavy (non-hydrogen) atoms. The van der Waals surface area contributed by atoms with Crippen LogP contribution in [0.4, 0.5) is 10.1 Å². The quantitative estimate of drug-likeness (QED) is 0.221. The molecule has 1 heterocycles. The number of anilines is 1. The van der Waals surface area contributed by atoms with Crippen molar-refractivity contribution in [1.82, 2.24) is 0 Å². The molecule has 3 aromatic rings. The zero-order valence-electron chi connectivity index (χ0n) is 19.1. The van der Waals surface area contributed by atoms with Crippen molar-refractivity contribution >= 4 is 29.1 Å². The highest BCUT2D eigenvalue weighted by atomic mass is 19.1. The normalized spacial score (nSPS) is 17.4. The fourth-order valence-corrected chi connectivity index (χ4v) is 4.15. The van der Waals surface area contributed by atoms with Crippen molar-refractivity contribution in [3.63, 3.8) is 0 Å². The summed E-state index contributed by atoms with van der Waals surface area (Å²) in [7, 11) is 1.48. The van der Waals surface area contributed by atoms with Crippen LogP contribution < -0.4 is 9.64 Å². The van der Waals surface area contributed by atoms with Gasteiger partial charge >= 0.3 is 5.97 Å². The van der Waals surface area contributed by atoms with Crippen molar-refractivity contribution in [3.8, 4) is 5.75 Å². The SMILES string of the molecule is CCOC(=O)c1ccc(N2C(=O)C(=O)C(C(=O)c3ccc(OC)cc3)C2c2ccccc2F)cc1. The second kappa shape index (κ2) is 9.89. The van der Waals surface area contributed by atoms with E-state index in [-0.39, 0.29) is 29.0 Å². The Morgan fingerprint density at radius 1 is 0.914 bits per heavy atom. The minimum absolute atomic E-state index is 0.0352. The number of amides is 1. The summed E-state index contributed by atoms with van der Waals surface area (Å²) in [5, 5.41) is 0. The van der Waals surface area contributed by atoms with Gasteiger partial charge in [0, 0.05) is 16.8 Å². The maximum Gasteiger partial charge on any atom is 0.338 e. The number of Topliss-reactive ketones (excluding diaryl/α,β-unsaturated/α-hetero) is 2. The molecule has 1 amide bonds. The summed E-state index contributed by atoms with van der Waals surface area (Å²) in [5.41, 5.74) is 0.724. The Kier molecular flexibility index (Phi) is 6.73. The number of benzene rings is 3. The lowest BCUT2D eigenvalue weighted by atomic mass is 9.86. The number of carbonyl (C=O) groups is 4. The van der Waals surface area contributed by atoms with Crippen LogP contribution in [0.15, 0.2) is 72.8 Å². The van der Waals surface area contributed by atoms with E-state index in [0.29, 0.717) is 5.75 Å². The summed E-state index contributed by atoms with van der Waals surface area (Å²) in [6.07, 6.45) is 0. The molecule has 178 valence electrons. The van der Waals surface area contributed by atoms with Gasteiger partial charge in [0.2, 0.25) is 5.78 Å². The van der Waals surface area contributed by atoms with Crippen molar-refractivity contribution < 1.29 is 33.0 Å². The Hall–Kier alpha value is -4.33. The first-order chi connectivity index (χ1) is 16.9. The van der Waals surface area contributed by atoms with Crippen LogP contribution in [-0.4, -0.2) is 37.2 Å². The molecule has 0 aliphatic carbocycles. The largest absolute Gasteiger partial charge is 0.497 e. The van der Waals surface area contributed by atoms with Gasteiger partial charge in [-0.05, 0) is 61.5 Å². The van der Waals surface area contributed by atoms with Crippen molar-refractivity contribution in [2.24, 2.45) is 5.92 Å². The van der Waals surface area contributed by atoms with Crippen LogP contribution in [0.1, 0.15) is 39.2 Å². The van der Waals surface area contributed by atoms with E-state index in [1.807, 2.05) is 0 Å². The molecule has 8 heteroatoms. The molecule has 0 aromatic heterocycles. The highest BCUT2D eigenvalue weighted by molar-refractivity contribution is 6.49. The molecule has 1 aliphatic heterocycles. The Labute approximate surface area is 201 Å². The molecule has 0 radical (unpaired) electrons. The van der Waals surface area contributed by atoms with Crippen LogP contribution in [0.3, 0.4) is 0 Å². The molecule has 3 aromatic carbocycles. The van der Waals surface area contributed by atoms with Crippen molar-refractivity contribution in [2.75, 3.05) is 18.6 Å². The fourth-order valence-electron chi connectivity index (χ4n) is 4.15. The average Bonchev–Trinajstić information content (AvgIpc) is 3.14. The van der Waals surface area contributed by atoms with Crippen LogP contribution >= 0.6 is 0 Å². The van der Waals surface area contributed by atoms with Gasteiger partial charge in [0.05, 0.1) is 25.3 Å². The molecule has 1 aliphatic rings. The number of hydrogen-bond donors (Lipinski definition) is 0. The molecule has 7 nitrogen and oxygen atoms in total. The Balaban J connectivity index is 1.79. The first kappa shape index (κ1) is 23.8. The third kappa shape index (κ3) is 4.42. The van der Waals surface area contributed by atoms with Gasteiger partial charge < -0.3 is 9.47 Å². The number of halogens is 1. The van der Waals surface area contributed by atoms with E-state index >= 15 is 0 Å². The van der Waals surface area contributed by atoms with Gasteiger partial charge in [-0.2, -0.15) is 0 Å². The summed E-state index contributed by atoms with van der Waals surface area (Å²) >= 11 is 0. The number of nitrogens with zero attached hydrogens (tertiary/aromatic N) is 1.